The Morgan fingerprint density at radius 3 is 2.49 bits per heavy atom. The molecular weight excluding hydrogens is 576 g/mol. The van der Waals surface area contributed by atoms with Crippen molar-refractivity contribution in [3.63, 3.8) is 0 Å². The molecule has 0 saturated carbocycles. The van der Waals surface area contributed by atoms with Gasteiger partial charge in [-0.25, -0.2) is 22.1 Å². The fourth-order valence-corrected chi connectivity index (χ4v) is 4.38. The van der Waals surface area contributed by atoms with Crippen LogP contribution in [0.1, 0.15) is 82.3 Å². The maximum Gasteiger partial charge on any atom is 2.00 e. The molecule has 3 heterocycles. The topological polar surface area (TPSA) is 126 Å². The van der Waals surface area contributed by atoms with Gasteiger partial charge in [-0.15, -0.1) is 0 Å². The number of carboxylic acid groups (broad SMARTS) is 1. The molecule has 2 unspecified atom stereocenters. The molecule has 0 aliphatic carbocycles. The van der Waals surface area contributed by atoms with Gasteiger partial charge in [0.2, 0.25) is 5.91 Å². The molecule has 0 spiro atoms. The zero-order chi connectivity index (χ0) is 27.8. The van der Waals surface area contributed by atoms with Gasteiger partial charge in [-0.05, 0) is 68.6 Å². The number of amides is 1. The van der Waals surface area contributed by atoms with Crippen LogP contribution < -0.4 is 10.6 Å². The molecule has 2 aromatic heterocycles. The van der Waals surface area contributed by atoms with Gasteiger partial charge >= 0.3 is 24.5 Å². The number of unbranched alkanes of at least 4 members (excludes halogenated alkanes) is 2. The van der Waals surface area contributed by atoms with Crippen LogP contribution in [0.25, 0.3) is 0 Å². The molecule has 3 N–H and O–H groups in total. The van der Waals surface area contributed by atoms with Crippen molar-refractivity contribution in [2.45, 2.75) is 91.0 Å². The van der Waals surface area contributed by atoms with E-state index in [9.17, 15) is 9.59 Å². The molecule has 0 bridgehead atoms. The van der Waals surface area contributed by atoms with E-state index in [0.717, 1.165) is 68.8 Å². The van der Waals surface area contributed by atoms with E-state index in [1.54, 1.807) is 18.5 Å². The minimum absolute atomic E-state index is 0. The van der Waals surface area contributed by atoms with Crippen molar-refractivity contribution in [2.24, 2.45) is 5.41 Å². The summed E-state index contributed by atoms with van der Waals surface area (Å²) in [5, 5.41) is 15.4. The van der Waals surface area contributed by atoms with Crippen LogP contribution in [0.15, 0.2) is 30.6 Å². The number of carbonyl (C=O) groups excluding carboxylic acids is 1. The SMILES string of the molecule is Cc1ncccn1.P.[CH2-]OCC(C)(C)CC(=O)NC(CCCCCC(=O)O)CCc1ccc2c(n1)NCCC2.[CH3-].[V+2]. The molecule has 2 atom stereocenters. The maximum absolute atomic E-state index is 12.6. The van der Waals surface area contributed by atoms with Crippen LogP contribution in [-0.4, -0.2) is 51.1 Å². The number of anilines is 1. The summed E-state index contributed by atoms with van der Waals surface area (Å²) in [6, 6.07) is 6.09. The second-order valence-electron chi connectivity index (χ2n) is 10.6. The molecule has 9 nitrogen and oxygen atoms in total. The van der Waals surface area contributed by atoms with Crippen molar-refractivity contribution >= 4 is 27.6 Å². The van der Waals surface area contributed by atoms with Crippen LogP contribution in [0, 0.1) is 26.9 Å². The van der Waals surface area contributed by atoms with Crippen LogP contribution in [-0.2, 0) is 45.7 Å². The summed E-state index contributed by atoms with van der Waals surface area (Å²) in [6.07, 6.45) is 11.1. The minimum Gasteiger partial charge on any atom is -0.555 e. The van der Waals surface area contributed by atoms with Crippen molar-refractivity contribution in [2.75, 3.05) is 18.5 Å². The van der Waals surface area contributed by atoms with Crippen molar-refractivity contribution < 1.29 is 38.0 Å². The molecule has 41 heavy (non-hydrogen) atoms. The Kier molecular flexibility index (Phi) is 22.6. The molecule has 1 amide bonds. The van der Waals surface area contributed by atoms with Gasteiger partial charge in [0, 0.05) is 50.1 Å². The van der Waals surface area contributed by atoms with Gasteiger partial charge in [-0.3, -0.25) is 9.59 Å². The number of carboxylic acids is 1. The number of fused-ring (bicyclic) bond motifs is 1. The fourth-order valence-electron chi connectivity index (χ4n) is 4.38. The Hall–Kier alpha value is -2.06. The standard InChI is InChI=1S/C24H38N3O4.C5H6N2.CH3.H3P.V/c1-24(2,17-31-3)16-21(28)26-19(9-5-4-6-10-22(29)30)13-14-20-12-11-18-8-7-15-25-23(18)27-20;1-5-6-3-2-4-7-5;;;/h11-12,19H,3-10,13-17H2,1-2H3,(H,25,27)(H,26,28)(H,29,30);2-4H,1H3;2*1H3;/q-1;;-1;;+2. The molecule has 11 heteroatoms. The monoisotopic (exact) mass is 626 g/mol. The number of pyridine rings is 1. The third-order valence-electron chi connectivity index (χ3n) is 6.34. The number of aryl methyl sites for hydroxylation is 3. The van der Waals surface area contributed by atoms with Crippen molar-refractivity contribution in [1.29, 1.82) is 0 Å². The average molecular weight is 627 g/mol. The zero-order valence-electron chi connectivity index (χ0n) is 25.3. The smallest absolute Gasteiger partial charge is 0.555 e. The number of nitrogens with zero attached hydrogens (tertiary/aromatic N) is 3. The van der Waals surface area contributed by atoms with Crippen LogP contribution >= 0.6 is 9.90 Å². The van der Waals surface area contributed by atoms with E-state index in [0.29, 0.717) is 19.4 Å². The van der Waals surface area contributed by atoms with E-state index >= 15 is 0 Å². The van der Waals surface area contributed by atoms with Crippen LogP contribution in [0.5, 0.6) is 0 Å². The minimum atomic E-state index is -0.758. The first-order valence-corrected chi connectivity index (χ1v) is 13.5. The van der Waals surface area contributed by atoms with Crippen LogP contribution in [0.2, 0.25) is 0 Å². The number of aliphatic carboxylic acids is 1. The summed E-state index contributed by atoms with van der Waals surface area (Å²) in [6.45, 7) is 7.23. The summed E-state index contributed by atoms with van der Waals surface area (Å²) in [4.78, 5) is 35.8. The first kappa shape index (κ1) is 41.1. The molecule has 1 aliphatic heterocycles. The zero-order valence-corrected chi connectivity index (χ0v) is 28.1. The Labute approximate surface area is 262 Å². The quantitative estimate of drug-likeness (QED) is 0.145. The van der Waals surface area contributed by atoms with Gasteiger partial charge in [0.15, 0.2) is 0 Å². The van der Waals surface area contributed by atoms with E-state index in [4.69, 9.17) is 14.8 Å². The molecule has 2 aromatic rings. The Morgan fingerprint density at radius 2 is 1.88 bits per heavy atom. The summed E-state index contributed by atoms with van der Waals surface area (Å²) >= 11 is 0. The predicted molar refractivity (Wildman–Crippen MR) is 166 cm³/mol. The van der Waals surface area contributed by atoms with Crippen molar-refractivity contribution in [1.82, 2.24) is 20.3 Å². The molecular formula is C30H50N5O4PV. The van der Waals surface area contributed by atoms with Gasteiger partial charge in [0.25, 0.3) is 0 Å². The predicted octanol–water partition coefficient (Wildman–Crippen LogP) is 5.41. The number of carbonyl (C=O) groups is 2. The Morgan fingerprint density at radius 1 is 1.17 bits per heavy atom. The summed E-state index contributed by atoms with van der Waals surface area (Å²) in [7, 11) is 3.42. The van der Waals surface area contributed by atoms with Gasteiger partial charge in [-0.1, -0.05) is 32.8 Å². The third kappa shape index (κ3) is 18.2. The van der Waals surface area contributed by atoms with Gasteiger partial charge in [0.1, 0.15) is 11.6 Å². The number of ether oxygens (including phenoxy) is 1. The molecule has 3 rings (SSSR count). The third-order valence-corrected chi connectivity index (χ3v) is 6.34. The summed E-state index contributed by atoms with van der Waals surface area (Å²) in [5.74, 6) is 1.07. The summed E-state index contributed by atoms with van der Waals surface area (Å²) < 4.78 is 4.98. The molecule has 0 aromatic carbocycles. The van der Waals surface area contributed by atoms with Crippen molar-refractivity contribution in [3.8, 4) is 0 Å². The van der Waals surface area contributed by atoms with Crippen LogP contribution in [0.3, 0.4) is 0 Å². The molecule has 0 fully saturated rings. The molecule has 0 saturated heterocycles. The van der Waals surface area contributed by atoms with E-state index < -0.39 is 5.97 Å². The normalized spacial score (nSPS) is 12.4. The second-order valence-corrected chi connectivity index (χ2v) is 10.6. The van der Waals surface area contributed by atoms with E-state index in [1.165, 1.54) is 5.56 Å². The fraction of sp³-hybridized carbons (Fsp3) is 0.567. The largest absolute Gasteiger partial charge is 2.00 e. The average Bonchev–Trinajstić information content (AvgIpc) is 2.87. The molecule has 1 radical (unpaired) electrons. The van der Waals surface area contributed by atoms with Gasteiger partial charge < -0.3 is 27.9 Å². The number of aromatic nitrogens is 3. The number of hydrogen-bond donors (Lipinski definition) is 3. The number of rotatable bonds is 14. The van der Waals surface area contributed by atoms with Gasteiger partial charge in [0.05, 0.1) is 0 Å². The van der Waals surface area contributed by atoms with E-state index in [1.807, 2.05) is 20.8 Å². The van der Waals surface area contributed by atoms with E-state index in [-0.39, 0.29) is 59.7 Å². The van der Waals surface area contributed by atoms with E-state index in [2.05, 4.69) is 39.8 Å². The first-order valence-electron chi connectivity index (χ1n) is 13.5. The van der Waals surface area contributed by atoms with Gasteiger partial charge in [-0.2, -0.15) is 9.90 Å². The Balaban J connectivity index is 0. The van der Waals surface area contributed by atoms with Crippen molar-refractivity contribution in [3.05, 3.63) is 62.2 Å². The first-order chi connectivity index (χ1) is 18.2. The maximum atomic E-state index is 12.6. The Bertz CT molecular complexity index is 998. The molecule has 1 aliphatic rings. The number of hydrogen-bond acceptors (Lipinski definition) is 7. The number of nitrogens with one attached hydrogen (secondary N) is 2. The summed E-state index contributed by atoms with van der Waals surface area (Å²) in [5.41, 5.74) is 2.03. The molecule has 229 valence electrons. The van der Waals surface area contributed by atoms with Crippen LogP contribution in [0.4, 0.5) is 5.82 Å². The second kappa shape index (κ2) is 22.5.